The second-order valence-electron chi connectivity index (χ2n) is 6.26. The van der Waals surface area contributed by atoms with Gasteiger partial charge in [-0.15, -0.1) is 0 Å². The second kappa shape index (κ2) is 7.62. The maximum Gasteiger partial charge on any atom is 0.257 e. The van der Waals surface area contributed by atoms with E-state index in [2.05, 4.69) is 10.3 Å². The van der Waals surface area contributed by atoms with Crippen LogP contribution in [0.15, 0.2) is 41.3 Å². The SMILES string of the molecule is CCN(CC)S(=O)(=O)c1ccc(C(=O)Nc2nc3cc4c(cc3s2)OCO4)cc1. The lowest BCUT2D eigenvalue weighted by molar-refractivity contribution is 0.102. The maximum absolute atomic E-state index is 12.5. The molecule has 4 rings (SSSR count). The summed E-state index contributed by atoms with van der Waals surface area (Å²) >= 11 is 1.32. The van der Waals surface area contributed by atoms with E-state index < -0.39 is 10.0 Å². The predicted molar refractivity (Wildman–Crippen MR) is 110 cm³/mol. The Morgan fingerprint density at radius 2 is 1.79 bits per heavy atom. The Morgan fingerprint density at radius 3 is 2.45 bits per heavy atom. The molecule has 152 valence electrons. The van der Waals surface area contributed by atoms with Gasteiger partial charge in [0.15, 0.2) is 16.6 Å². The summed E-state index contributed by atoms with van der Waals surface area (Å²) in [6.07, 6.45) is 0. The van der Waals surface area contributed by atoms with Gasteiger partial charge in [0.25, 0.3) is 5.91 Å². The zero-order valence-corrected chi connectivity index (χ0v) is 17.5. The fourth-order valence-electron chi connectivity index (χ4n) is 3.03. The molecule has 0 saturated heterocycles. The van der Waals surface area contributed by atoms with Crippen molar-refractivity contribution in [1.82, 2.24) is 9.29 Å². The number of carbonyl (C=O) groups is 1. The molecule has 2 aromatic carbocycles. The molecule has 0 saturated carbocycles. The largest absolute Gasteiger partial charge is 0.454 e. The molecule has 3 aromatic rings. The molecule has 0 fully saturated rings. The molecular weight excluding hydrogens is 414 g/mol. The summed E-state index contributed by atoms with van der Waals surface area (Å²) in [5.41, 5.74) is 1.05. The molecule has 1 aliphatic heterocycles. The topological polar surface area (TPSA) is 97.8 Å². The van der Waals surface area contributed by atoms with Crippen molar-refractivity contribution < 1.29 is 22.7 Å². The summed E-state index contributed by atoms with van der Waals surface area (Å²) < 4.78 is 38.0. The van der Waals surface area contributed by atoms with Crippen LogP contribution in [0.25, 0.3) is 10.2 Å². The van der Waals surface area contributed by atoms with Crippen LogP contribution in [-0.2, 0) is 10.0 Å². The molecule has 1 aliphatic rings. The number of hydrogen-bond donors (Lipinski definition) is 1. The standard InChI is InChI=1S/C19H19N3O5S2/c1-3-22(4-2)29(24,25)13-7-5-12(6-8-13)18(23)21-19-20-14-9-15-16(27-11-26-15)10-17(14)28-19/h5-10H,3-4,11H2,1-2H3,(H,20,21,23). The number of anilines is 1. The van der Waals surface area contributed by atoms with Gasteiger partial charge >= 0.3 is 0 Å². The van der Waals surface area contributed by atoms with E-state index in [1.807, 2.05) is 6.07 Å². The Labute approximate surface area is 172 Å². The minimum absolute atomic E-state index is 0.159. The van der Waals surface area contributed by atoms with Gasteiger partial charge < -0.3 is 9.47 Å². The molecule has 0 bridgehead atoms. The van der Waals surface area contributed by atoms with E-state index in [1.165, 1.54) is 39.9 Å². The highest BCUT2D eigenvalue weighted by Gasteiger charge is 2.22. The van der Waals surface area contributed by atoms with E-state index >= 15 is 0 Å². The summed E-state index contributed by atoms with van der Waals surface area (Å²) in [6.45, 7) is 4.54. The number of hydrogen-bond acceptors (Lipinski definition) is 7. The van der Waals surface area contributed by atoms with Gasteiger partial charge in [-0.25, -0.2) is 13.4 Å². The number of amides is 1. The van der Waals surface area contributed by atoms with Gasteiger partial charge in [-0.05, 0) is 24.3 Å². The summed E-state index contributed by atoms with van der Waals surface area (Å²) in [6, 6.07) is 9.49. The van der Waals surface area contributed by atoms with Crippen molar-refractivity contribution in [3.05, 3.63) is 42.0 Å². The van der Waals surface area contributed by atoms with Crippen LogP contribution in [0.2, 0.25) is 0 Å². The fraction of sp³-hybridized carbons (Fsp3) is 0.263. The van der Waals surface area contributed by atoms with Crippen molar-refractivity contribution in [1.29, 1.82) is 0 Å². The Balaban J connectivity index is 1.52. The first-order valence-electron chi connectivity index (χ1n) is 9.04. The summed E-state index contributed by atoms with van der Waals surface area (Å²) in [4.78, 5) is 17.1. The van der Waals surface area contributed by atoms with Crippen molar-refractivity contribution in [2.45, 2.75) is 18.7 Å². The molecule has 29 heavy (non-hydrogen) atoms. The van der Waals surface area contributed by atoms with E-state index in [1.54, 1.807) is 19.9 Å². The first kappa shape index (κ1) is 19.6. The molecule has 0 atom stereocenters. The third kappa shape index (κ3) is 3.66. The number of thiazole rings is 1. The van der Waals surface area contributed by atoms with Crippen molar-refractivity contribution in [2.24, 2.45) is 0 Å². The first-order chi connectivity index (χ1) is 13.9. The predicted octanol–water partition coefficient (Wildman–Crippen LogP) is 3.31. The molecule has 0 aliphatic carbocycles. The zero-order valence-electron chi connectivity index (χ0n) is 15.8. The van der Waals surface area contributed by atoms with Crippen LogP contribution >= 0.6 is 11.3 Å². The Morgan fingerprint density at radius 1 is 1.14 bits per heavy atom. The van der Waals surface area contributed by atoms with Gasteiger partial charge in [0, 0.05) is 30.8 Å². The number of nitrogens with one attached hydrogen (secondary N) is 1. The number of fused-ring (bicyclic) bond motifs is 2. The van der Waals surface area contributed by atoms with Crippen molar-refractivity contribution >= 4 is 42.6 Å². The molecule has 8 nitrogen and oxygen atoms in total. The number of benzene rings is 2. The van der Waals surface area contributed by atoms with Gasteiger partial charge in [-0.2, -0.15) is 4.31 Å². The van der Waals surface area contributed by atoms with Crippen LogP contribution < -0.4 is 14.8 Å². The molecular formula is C19H19N3O5S2. The van der Waals surface area contributed by atoms with Crippen LogP contribution in [-0.4, -0.2) is 43.5 Å². The molecule has 10 heteroatoms. The maximum atomic E-state index is 12.5. The average Bonchev–Trinajstić information content (AvgIpc) is 3.32. The lowest BCUT2D eigenvalue weighted by Gasteiger charge is -2.18. The second-order valence-corrected chi connectivity index (χ2v) is 9.23. The van der Waals surface area contributed by atoms with Crippen LogP contribution in [0.3, 0.4) is 0 Å². The van der Waals surface area contributed by atoms with E-state index in [4.69, 9.17) is 9.47 Å². The molecule has 2 heterocycles. The number of aromatic nitrogens is 1. The van der Waals surface area contributed by atoms with Crippen molar-refractivity contribution in [2.75, 3.05) is 25.2 Å². The monoisotopic (exact) mass is 433 g/mol. The van der Waals surface area contributed by atoms with E-state index in [0.29, 0.717) is 40.8 Å². The molecule has 1 N–H and O–H groups in total. The number of ether oxygens (including phenoxy) is 2. The highest BCUT2D eigenvalue weighted by molar-refractivity contribution is 7.89. The van der Waals surface area contributed by atoms with Gasteiger partial charge in [-0.3, -0.25) is 10.1 Å². The number of carbonyl (C=O) groups excluding carboxylic acids is 1. The Hall–Kier alpha value is -2.69. The Kier molecular flexibility index (Phi) is 5.15. The molecule has 1 aromatic heterocycles. The first-order valence-corrected chi connectivity index (χ1v) is 11.3. The van der Waals surface area contributed by atoms with Crippen LogP contribution in [0.4, 0.5) is 5.13 Å². The Bertz CT molecular complexity index is 1130. The number of sulfonamides is 1. The minimum Gasteiger partial charge on any atom is -0.454 e. The zero-order chi connectivity index (χ0) is 20.6. The summed E-state index contributed by atoms with van der Waals surface area (Å²) in [5.74, 6) is 0.922. The highest BCUT2D eigenvalue weighted by atomic mass is 32.2. The smallest absolute Gasteiger partial charge is 0.257 e. The van der Waals surface area contributed by atoms with Gasteiger partial charge in [0.05, 0.1) is 15.1 Å². The molecule has 0 radical (unpaired) electrons. The average molecular weight is 434 g/mol. The summed E-state index contributed by atoms with van der Waals surface area (Å²) in [5, 5.41) is 3.19. The van der Waals surface area contributed by atoms with Crippen molar-refractivity contribution in [3.8, 4) is 11.5 Å². The minimum atomic E-state index is -3.56. The lowest BCUT2D eigenvalue weighted by atomic mass is 10.2. The molecule has 0 unspecified atom stereocenters. The number of nitrogens with zero attached hydrogens (tertiary/aromatic N) is 2. The summed E-state index contributed by atoms with van der Waals surface area (Å²) in [7, 11) is -3.56. The van der Waals surface area contributed by atoms with Gasteiger partial charge in [0.1, 0.15) is 0 Å². The quantitative estimate of drug-likeness (QED) is 0.641. The van der Waals surface area contributed by atoms with Crippen molar-refractivity contribution in [3.63, 3.8) is 0 Å². The van der Waals surface area contributed by atoms with Crippen LogP contribution in [0.5, 0.6) is 11.5 Å². The normalized spacial score (nSPS) is 13.2. The van der Waals surface area contributed by atoms with Gasteiger partial charge in [-0.1, -0.05) is 25.2 Å². The fourth-order valence-corrected chi connectivity index (χ4v) is 5.36. The number of rotatable bonds is 6. The highest BCUT2D eigenvalue weighted by Crippen LogP contribution is 2.39. The van der Waals surface area contributed by atoms with Gasteiger partial charge in [0.2, 0.25) is 16.8 Å². The van der Waals surface area contributed by atoms with E-state index in [9.17, 15) is 13.2 Å². The van der Waals surface area contributed by atoms with Crippen LogP contribution in [0, 0.1) is 0 Å². The molecule has 1 amide bonds. The third-order valence-electron chi connectivity index (χ3n) is 4.56. The van der Waals surface area contributed by atoms with Crippen LogP contribution in [0.1, 0.15) is 24.2 Å². The van der Waals surface area contributed by atoms with E-state index in [0.717, 1.165) is 4.70 Å². The van der Waals surface area contributed by atoms with E-state index in [-0.39, 0.29) is 17.6 Å². The third-order valence-corrected chi connectivity index (χ3v) is 7.56. The molecule has 0 spiro atoms. The lowest BCUT2D eigenvalue weighted by Crippen LogP contribution is -2.30.